The molecule has 1 aliphatic heterocycles. The van der Waals surface area contributed by atoms with E-state index >= 15 is 0 Å². The molecule has 6 nitrogen and oxygen atoms in total. The number of hydrogen-bond donors (Lipinski definition) is 0. The smallest absolute Gasteiger partial charge is 0.257 e. The predicted octanol–water partition coefficient (Wildman–Crippen LogP) is 4.69. The van der Waals surface area contributed by atoms with Crippen LogP contribution in [-0.2, 0) is 0 Å². The van der Waals surface area contributed by atoms with Crippen molar-refractivity contribution in [3.05, 3.63) is 71.8 Å². The van der Waals surface area contributed by atoms with Gasteiger partial charge >= 0.3 is 0 Å². The van der Waals surface area contributed by atoms with Gasteiger partial charge in [0.1, 0.15) is 18.2 Å². The summed E-state index contributed by atoms with van der Waals surface area (Å²) in [5.41, 5.74) is 4.16. The van der Waals surface area contributed by atoms with Crippen LogP contribution in [0.3, 0.4) is 0 Å². The van der Waals surface area contributed by atoms with Gasteiger partial charge in [0.15, 0.2) is 0 Å². The first-order valence-corrected chi connectivity index (χ1v) is 10.6. The number of piperazine rings is 1. The lowest BCUT2D eigenvalue weighted by Gasteiger charge is -2.40. The van der Waals surface area contributed by atoms with E-state index in [-0.39, 0.29) is 17.9 Å². The van der Waals surface area contributed by atoms with Gasteiger partial charge in [0.2, 0.25) is 0 Å². The third kappa shape index (κ3) is 4.04. The molecular weight excluding hydrogens is 388 g/mol. The van der Waals surface area contributed by atoms with E-state index in [2.05, 4.69) is 24.8 Å². The van der Waals surface area contributed by atoms with Crippen molar-refractivity contribution in [1.29, 1.82) is 5.26 Å². The van der Waals surface area contributed by atoms with E-state index in [1.807, 2.05) is 48.2 Å². The summed E-state index contributed by atoms with van der Waals surface area (Å²) < 4.78 is 5.06. The first kappa shape index (κ1) is 20.7. The molecule has 1 saturated heterocycles. The molecule has 0 radical (unpaired) electrons. The maximum absolute atomic E-state index is 12.8. The van der Waals surface area contributed by atoms with Crippen LogP contribution in [0.4, 0.5) is 5.82 Å². The SMILES string of the molecule is CC(C)c1nc(N2CCN(C(=O)c3ccoc3)[C@@H](C)C2)c(C#N)cc1-c1ccccc1. The number of nitrogens with zero attached hydrogens (tertiary/aromatic N) is 4. The van der Waals surface area contributed by atoms with Gasteiger partial charge in [0.05, 0.1) is 23.1 Å². The van der Waals surface area contributed by atoms with Crippen molar-refractivity contribution < 1.29 is 9.21 Å². The highest BCUT2D eigenvalue weighted by Gasteiger charge is 2.31. The topological polar surface area (TPSA) is 73.4 Å². The van der Waals surface area contributed by atoms with Gasteiger partial charge in [0.25, 0.3) is 5.91 Å². The van der Waals surface area contributed by atoms with Crippen LogP contribution in [0, 0.1) is 11.3 Å². The van der Waals surface area contributed by atoms with Gasteiger partial charge < -0.3 is 14.2 Å². The zero-order chi connectivity index (χ0) is 22.0. The van der Waals surface area contributed by atoms with Gasteiger partial charge in [0, 0.05) is 31.2 Å². The molecule has 1 atom stereocenters. The van der Waals surface area contributed by atoms with E-state index in [0.717, 1.165) is 16.8 Å². The number of amides is 1. The highest BCUT2D eigenvalue weighted by atomic mass is 16.3. The Bertz CT molecular complexity index is 1100. The zero-order valence-electron chi connectivity index (χ0n) is 18.1. The molecule has 0 unspecified atom stereocenters. The number of nitriles is 1. The average molecular weight is 415 g/mol. The molecule has 3 heterocycles. The van der Waals surface area contributed by atoms with Gasteiger partial charge in [-0.2, -0.15) is 5.26 Å². The molecule has 0 aliphatic carbocycles. The molecular formula is C25H26N4O2. The number of pyridine rings is 1. The summed E-state index contributed by atoms with van der Waals surface area (Å²) in [6, 6.07) is 16.1. The second-order valence-electron chi connectivity index (χ2n) is 8.23. The van der Waals surface area contributed by atoms with Crippen LogP contribution < -0.4 is 4.90 Å². The zero-order valence-corrected chi connectivity index (χ0v) is 18.1. The summed E-state index contributed by atoms with van der Waals surface area (Å²) in [5.74, 6) is 0.882. The largest absolute Gasteiger partial charge is 0.472 e. The Morgan fingerprint density at radius 3 is 2.61 bits per heavy atom. The number of carbonyl (C=O) groups is 1. The fraction of sp³-hybridized carbons (Fsp3) is 0.320. The summed E-state index contributed by atoms with van der Waals surface area (Å²) in [4.78, 5) is 21.7. The molecule has 1 aromatic carbocycles. The molecule has 1 amide bonds. The summed E-state index contributed by atoms with van der Waals surface area (Å²) in [7, 11) is 0. The molecule has 31 heavy (non-hydrogen) atoms. The van der Waals surface area contributed by atoms with Gasteiger partial charge in [-0.1, -0.05) is 44.2 Å². The Morgan fingerprint density at radius 1 is 1.23 bits per heavy atom. The average Bonchev–Trinajstić information content (AvgIpc) is 3.33. The molecule has 158 valence electrons. The maximum Gasteiger partial charge on any atom is 0.257 e. The van der Waals surface area contributed by atoms with E-state index in [1.54, 1.807) is 6.07 Å². The minimum Gasteiger partial charge on any atom is -0.472 e. The van der Waals surface area contributed by atoms with Crippen LogP contribution in [-0.4, -0.2) is 41.5 Å². The van der Waals surface area contributed by atoms with Gasteiger partial charge in [-0.3, -0.25) is 4.79 Å². The predicted molar refractivity (Wildman–Crippen MR) is 120 cm³/mol. The Kier molecular flexibility index (Phi) is 5.77. The second-order valence-corrected chi connectivity index (χ2v) is 8.23. The van der Waals surface area contributed by atoms with E-state index in [9.17, 15) is 10.1 Å². The summed E-state index contributed by atoms with van der Waals surface area (Å²) >= 11 is 0. The lowest BCUT2D eigenvalue weighted by atomic mass is 9.96. The maximum atomic E-state index is 12.8. The van der Waals surface area contributed by atoms with E-state index in [4.69, 9.17) is 9.40 Å². The molecule has 1 fully saturated rings. The molecule has 0 bridgehead atoms. The van der Waals surface area contributed by atoms with Crippen LogP contribution in [0.2, 0.25) is 0 Å². The molecule has 0 spiro atoms. The van der Waals surface area contributed by atoms with Crippen LogP contribution >= 0.6 is 0 Å². The minimum atomic E-state index is -0.0309. The van der Waals surface area contributed by atoms with Crippen molar-refractivity contribution in [3.8, 4) is 17.2 Å². The molecule has 6 heteroatoms. The van der Waals surface area contributed by atoms with Crippen LogP contribution in [0.5, 0.6) is 0 Å². The van der Waals surface area contributed by atoms with Crippen molar-refractivity contribution in [2.75, 3.05) is 24.5 Å². The Labute approximate surface area is 182 Å². The number of aromatic nitrogens is 1. The van der Waals surface area contributed by atoms with E-state index in [0.29, 0.717) is 36.6 Å². The lowest BCUT2D eigenvalue weighted by molar-refractivity contribution is 0.0673. The van der Waals surface area contributed by atoms with E-state index < -0.39 is 0 Å². The molecule has 0 saturated carbocycles. The normalized spacial score (nSPS) is 16.4. The third-order valence-electron chi connectivity index (χ3n) is 5.74. The minimum absolute atomic E-state index is 0.0132. The number of rotatable bonds is 4. The molecule has 2 aromatic heterocycles. The van der Waals surface area contributed by atoms with Crippen LogP contribution in [0.1, 0.15) is 48.3 Å². The van der Waals surface area contributed by atoms with Crippen molar-refractivity contribution in [1.82, 2.24) is 9.88 Å². The summed E-state index contributed by atoms with van der Waals surface area (Å²) in [6.45, 7) is 8.07. The summed E-state index contributed by atoms with van der Waals surface area (Å²) in [6.07, 6.45) is 2.99. The Balaban J connectivity index is 1.65. The first-order valence-electron chi connectivity index (χ1n) is 10.6. The molecule has 4 rings (SSSR count). The first-order chi connectivity index (χ1) is 15.0. The van der Waals surface area contributed by atoms with Gasteiger partial charge in [-0.25, -0.2) is 4.98 Å². The Hall–Kier alpha value is -3.59. The quantitative estimate of drug-likeness (QED) is 0.619. The second kappa shape index (κ2) is 8.65. The van der Waals surface area contributed by atoms with E-state index in [1.165, 1.54) is 12.5 Å². The fourth-order valence-corrected chi connectivity index (χ4v) is 4.13. The molecule has 3 aromatic rings. The van der Waals surface area contributed by atoms with Crippen molar-refractivity contribution in [2.45, 2.75) is 32.7 Å². The van der Waals surface area contributed by atoms with Gasteiger partial charge in [-0.05, 0) is 30.5 Å². The van der Waals surface area contributed by atoms with Crippen LogP contribution in [0.25, 0.3) is 11.1 Å². The number of hydrogen-bond acceptors (Lipinski definition) is 5. The number of carbonyl (C=O) groups excluding carboxylic acids is 1. The Morgan fingerprint density at radius 2 is 2.00 bits per heavy atom. The lowest BCUT2D eigenvalue weighted by Crippen LogP contribution is -2.54. The highest BCUT2D eigenvalue weighted by Crippen LogP contribution is 2.33. The van der Waals surface area contributed by atoms with Crippen molar-refractivity contribution >= 4 is 11.7 Å². The molecule has 1 aliphatic rings. The van der Waals surface area contributed by atoms with Crippen molar-refractivity contribution in [2.24, 2.45) is 0 Å². The standard InChI is InChI=1S/C25H26N4O2/c1-17(2)23-22(19-7-5-4-6-8-19)13-21(14-26)24(27-23)28-10-11-29(18(3)15-28)25(30)20-9-12-31-16-20/h4-9,12-13,16-18H,10-11,15H2,1-3H3/t18-/m0/s1. The van der Waals surface area contributed by atoms with Crippen molar-refractivity contribution in [3.63, 3.8) is 0 Å². The fourth-order valence-electron chi connectivity index (χ4n) is 4.13. The molecule has 0 N–H and O–H groups in total. The van der Waals surface area contributed by atoms with Crippen LogP contribution in [0.15, 0.2) is 59.4 Å². The number of anilines is 1. The number of furan rings is 1. The monoisotopic (exact) mass is 414 g/mol. The summed E-state index contributed by atoms with van der Waals surface area (Å²) in [5, 5.41) is 9.89. The third-order valence-corrected chi connectivity index (χ3v) is 5.74. The number of benzene rings is 1. The highest BCUT2D eigenvalue weighted by molar-refractivity contribution is 5.94. The van der Waals surface area contributed by atoms with Gasteiger partial charge in [-0.15, -0.1) is 0 Å².